The molecule has 0 bridgehead atoms. The van der Waals surface area contributed by atoms with Gasteiger partial charge in [0.15, 0.2) is 0 Å². The first kappa shape index (κ1) is 11.6. The zero-order valence-corrected chi connectivity index (χ0v) is 6.14. The van der Waals surface area contributed by atoms with Gasteiger partial charge in [-0.2, -0.15) is 0 Å². The van der Waals surface area contributed by atoms with Gasteiger partial charge in [0.2, 0.25) is 0 Å². The topological polar surface area (TPSA) is 35.5 Å². The van der Waals surface area contributed by atoms with Crippen molar-refractivity contribution in [3.8, 4) is 0 Å². The van der Waals surface area contributed by atoms with E-state index in [1.54, 1.807) is 13.8 Å². The first-order chi connectivity index (χ1) is 3.81. The molecule has 9 heavy (non-hydrogen) atoms. The van der Waals surface area contributed by atoms with Crippen molar-refractivity contribution in [2.75, 3.05) is 13.2 Å². The van der Waals surface area contributed by atoms with Crippen LogP contribution in [0.2, 0.25) is 0 Å². The van der Waals surface area contributed by atoms with E-state index in [4.69, 9.17) is 0 Å². The van der Waals surface area contributed by atoms with Crippen molar-refractivity contribution in [2.24, 2.45) is 0 Å². The van der Waals surface area contributed by atoms with Crippen molar-refractivity contribution in [1.29, 1.82) is 0 Å². The Hall–Kier alpha value is -0.133. The fourth-order valence-electron chi connectivity index (χ4n) is 0.277. The van der Waals surface area contributed by atoms with Crippen LogP contribution in [0, 0.1) is 0 Å². The van der Waals surface area contributed by atoms with Gasteiger partial charge in [-0.05, 0) is 13.8 Å². The van der Waals surface area contributed by atoms with E-state index in [9.17, 15) is 4.79 Å². The molecule has 0 atom stereocenters. The maximum atomic E-state index is 10.2. The molecule has 0 aromatic heterocycles. The van der Waals surface area contributed by atoms with Crippen molar-refractivity contribution in [1.82, 2.24) is 0 Å². The molecule has 0 aliphatic carbocycles. The second-order valence-electron chi connectivity index (χ2n) is 1.12. The van der Waals surface area contributed by atoms with Gasteiger partial charge in [0.25, 0.3) is 0 Å². The zero-order chi connectivity index (χ0) is 6.41. The van der Waals surface area contributed by atoms with Crippen LogP contribution in [-0.4, -0.2) is 38.2 Å². The Labute approximate surface area is 66.9 Å². The molecule has 49 valence electrons. The zero-order valence-electron chi connectivity index (χ0n) is 6.14. The molecule has 0 N–H and O–H groups in total. The summed E-state index contributed by atoms with van der Waals surface area (Å²) in [6.45, 7) is 4.21. The van der Waals surface area contributed by atoms with Crippen LogP contribution in [0.1, 0.15) is 13.8 Å². The van der Waals surface area contributed by atoms with Crippen LogP contribution in [-0.2, 0) is 9.47 Å². The maximum absolute atomic E-state index is 10.2. The molecule has 0 unspecified atom stereocenters. The number of hydrogen-bond acceptors (Lipinski definition) is 3. The Kier molecular flexibility index (Phi) is 10.2. The van der Waals surface area contributed by atoms with E-state index in [1.165, 1.54) is 0 Å². The predicted octanol–water partition coefficient (Wildman–Crippen LogP) is 0.799. The van der Waals surface area contributed by atoms with Gasteiger partial charge in [-0.3, -0.25) is 0 Å². The second kappa shape index (κ2) is 7.87. The molecule has 0 heterocycles. The summed E-state index contributed by atoms with van der Waals surface area (Å²) >= 11 is 0. The predicted molar refractivity (Wildman–Crippen MR) is 34.4 cm³/mol. The van der Waals surface area contributed by atoms with Crippen LogP contribution in [0.5, 0.6) is 0 Å². The van der Waals surface area contributed by atoms with Crippen molar-refractivity contribution in [2.45, 2.75) is 13.8 Å². The Morgan fingerprint density at radius 1 is 1.22 bits per heavy atom. The average Bonchev–Trinajstić information content (AvgIpc) is 1.68. The fraction of sp³-hybridized carbons (Fsp3) is 0.800. The minimum Gasteiger partial charge on any atom is -0.435 e. The van der Waals surface area contributed by atoms with Crippen LogP contribution in [0.15, 0.2) is 0 Å². The molecular weight excluding hydrogens is 115 g/mol. The summed E-state index contributed by atoms with van der Waals surface area (Å²) in [5.74, 6) is 0. The smallest absolute Gasteiger partial charge is 0.435 e. The molecule has 0 spiro atoms. The van der Waals surface area contributed by atoms with E-state index < -0.39 is 6.16 Å². The third kappa shape index (κ3) is 7.87. The number of hydrogen-bond donors (Lipinski definition) is 0. The average molecular weight is 125 g/mol. The number of carbonyl (C=O) groups is 1. The Bertz CT molecular complexity index is 66.6. The standard InChI is InChI=1S/C5H10O3.Li/c1-3-7-5(6)8-4-2;/h3-4H2,1-2H3;. The van der Waals surface area contributed by atoms with Crippen LogP contribution < -0.4 is 0 Å². The van der Waals surface area contributed by atoms with E-state index in [1.807, 2.05) is 0 Å². The molecule has 4 heteroatoms. The molecule has 0 saturated carbocycles. The molecule has 0 aliphatic heterocycles. The van der Waals surface area contributed by atoms with E-state index in [0.29, 0.717) is 13.2 Å². The molecular formula is C5H10LiO3. The van der Waals surface area contributed by atoms with Crippen LogP contribution >= 0.6 is 0 Å². The largest absolute Gasteiger partial charge is 0.508 e. The molecule has 0 rings (SSSR count). The van der Waals surface area contributed by atoms with Gasteiger partial charge < -0.3 is 9.47 Å². The molecule has 0 aromatic carbocycles. The van der Waals surface area contributed by atoms with E-state index >= 15 is 0 Å². The molecule has 0 aliphatic rings. The van der Waals surface area contributed by atoms with Crippen molar-refractivity contribution in [3.05, 3.63) is 0 Å². The van der Waals surface area contributed by atoms with Crippen molar-refractivity contribution in [3.63, 3.8) is 0 Å². The van der Waals surface area contributed by atoms with Gasteiger partial charge >= 0.3 is 6.16 Å². The Morgan fingerprint density at radius 3 is 1.78 bits per heavy atom. The van der Waals surface area contributed by atoms with Crippen molar-refractivity contribution < 1.29 is 14.3 Å². The van der Waals surface area contributed by atoms with E-state index in [-0.39, 0.29) is 18.9 Å². The summed E-state index contributed by atoms with van der Waals surface area (Å²) in [6.07, 6.45) is -0.588. The Morgan fingerprint density at radius 2 is 1.56 bits per heavy atom. The summed E-state index contributed by atoms with van der Waals surface area (Å²) < 4.78 is 8.84. The van der Waals surface area contributed by atoms with Crippen LogP contribution in [0.25, 0.3) is 0 Å². The minimum absolute atomic E-state index is 0. The molecule has 3 nitrogen and oxygen atoms in total. The quantitative estimate of drug-likeness (QED) is 0.404. The summed E-state index contributed by atoms with van der Waals surface area (Å²) in [5.41, 5.74) is 0. The van der Waals surface area contributed by atoms with E-state index in [2.05, 4.69) is 9.47 Å². The van der Waals surface area contributed by atoms with Crippen molar-refractivity contribution >= 4 is 25.0 Å². The Balaban J connectivity index is 0. The van der Waals surface area contributed by atoms with Crippen LogP contribution in [0.4, 0.5) is 4.79 Å². The second-order valence-corrected chi connectivity index (χ2v) is 1.12. The third-order valence-electron chi connectivity index (χ3n) is 0.524. The third-order valence-corrected chi connectivity index (χ3v) is 0.524. The normalized spacial score (nSPS) is 7.33. The van der Waals surface area contributed by atoms with Gasteiger partial charge in [0.1, 0.15) is 0 Å². The van der Waals surface area contributed by atoms with Gasteiger partial charge in [-0.15, -0.1) is 0 Å². The SMILES string of the molecule is CCOC(=O)OCC.[Li]. The number of rotatable bonds is 2. The number of ether oxygens (including phenoxy) is 2. The number of carbonyl (C=O) groups excluding carboxylic acids is 1. The first-order valence-corrected chi connectivity index (χ1v) is 2.60. The van der Waals surface area contributed by atoms with Crippen LogP contribution in [0.3, 0.4) is 0 Å². The molecule has 0 fully saturated rings. The summed E-state index contributed by atoms with van der Waals surface area (Å²) in [7, 11) is 0. The van der Waals surface area contributed by atoms with Gasteiger partial charge in [-0.25, -0.2) is 4.79 Å². The van der Waals surface area contributed by atoms with Gasteiger partial charge in [0, 0.05) is 18.9 Å². The monoisotopic (exact) mass is 125 g/mol. The molecule has 0 saturated heterocycles. The first-order valence-electron chi connectivity index (χ1n) is 2.60. The molecule has 1 radical (unpaired) electrons. The van der Waals surface area contributed by atoms with Gasteiger partial charge in [0.05, 0.1) is 13.2 Å². The minimum atomic E-state index is -0.588. The summed E-state index contributed by atoms with van der Waals surface area (Å²) in [5, 5.41) is 0. The van der Waals surface area contributed by atoms with Gasteiger partial charge in [-0.1, -0.05) is 0 Å². The summed E-state index contributed by atoms with van der Waals surface area (Å²) in [6, 6.07) is 0. The molecule has 0 aromatic rings. The molecule has 0 amide bonds. The van der Waals surface area contributed by atoms with E-state index in [0.717, 1.165) is 0 Å². The fourth-order valence-corrected chi connectivity index (χ4v) is 0.277. The summed E-state index contributed by atoms with van der Waals surface area (Å²) in [4.78, 5) is 10.2. The maximum Gasteiger partial charge on any atom is 0.508 e.